The number of rotatable bonds is 1. The number of fused-ring (bicyclic) bond motifs is 1. The average molecular weight is 243 g/mol. The third-order valence-electron chi connectivity index (χ3n) is 2.69. The summed E-state index contributed by atoms with van der Waals surface area (Å²) in [5.74, 6) is 0.263. The summed E-state index contributed by atoms with van der Waals surface area (Å²) in [7, 11) is 0. The molecule has 0 amide bonds. The SMILES string of the molecule is Oc1ccc(-n2cn[nH]c2=S)c2ccccc12. The Kier molecular flexibility index (Phi) is 2.19. The zero-order valence-corrected chi connectivity index (χ0v) is 9.61. The van der Waals surface area contributed by atoms with Crippen LogP contribution >= 0.6 is 12.2 Å². The minimum atomic E-state index is 0.263. The number of nitrogens with one attached hydrogen (secondary N) is 1. The summed E-state index contributed by atoms with van der Waals surface area (Å²) in [6, 6.07) is 11.1. The number of benzene rings is 2. The van der Waals surface area contributed by atoms with Gasteiger partial charge in [0.05, 0.1) is 5.69 Å². The van der Waals surface area contributed by atoms with Crippen molar-refractivity contribution in [3.63, 3.8) is 0 Å². The summed E-state index contributed by atoms with van der Waals surface area (Å²) in [4.78, 5) is 0. The van der Waals surface area contributed by atoms with Crippen LogP contribution in [0.2, 0.25) is 0 Å². The minimum Gasteiger partial charge on any atom is -0.507 e. The van der Waals surface area contributed by atoms with Crippen LogP contribution in [0.25, 0.3) is 16.5 Å². The van der Waals surface area contributed by atoms with E-state index in [0.717, 1.165) is 16.5 Å². The first-order valence-electron chi connectivity index (χ1n) is 5.10. The number of aromatic amines is 1. The molecule has 0 aliphatic heterocycles. The number of aromatic nitrogens is 3. The minimum absolute atomic E-state index is 0.263. The molecule has 0 saturated carbocycles. The molecule has 0 radical (unpaired) electrons. The van der Waals surface area contributed by atoms with Crippen molar-refractivity contribution in [2.24, 2.45) is 0 Å². The molecule has 2 N–H and O–H groups in total. The van der Waals surface area contributed by atoms with Crippen LogP contribution in [0.3, 0.4) is 0 Å². The highest BCUT2D eigenvalue weighted by Gasteiger charge is 2.06. The number of H-pyrrole nitrogens is 1. The smallest absolute Gasteiger partial charge is 0.199 e. The molecule has 1 aromatic heterocycles. The van der Waals surface area contributed by atoms with E-state index in [2.05, 4.69) is 10.2 Å². The largest absolute Gasteiger partial charge is 0.507 e. The van der Waals surface area contributed by atoms with Crippen molar-refractivity contribution >= 4 is 23.0 Å². The highest BCUT2D eigenvalue weighted by atomic mass is 32.1. The lowest BCUT2D eigenvalue weighted by Crippen LogP contribution is -1.93. The molecule has 4 nitrogen and oxygen atoms in total. The maximum absolute atomic E-state index is 9.80. The van der Waals surface area contributed by atoms with E-state index in [0.29, 0.717) is 4.77 Å². The molecule has 17 heavy (non-hydrogen) atoms. The summed E-state index contributed by atoms with van der Waals surface area (Å²) in [5, 5.41) is 18.1. The summed E-state index contributed by atoms with van der Waals surface area (Å²) in [6.07, 6.45) is 1.63. The van der Waals surface area contributed by atoms with E-state index in [1.807, 2.05) is 30.3 Å². The van der Waals surface area contributed by atoms with Crippen molar-refractivity contribution in [1.82, 2.24) is 14.8 Å². The molecular formula is C12H9N3OS. The molecule has 0 unspecified atom stereocenters. The van der Waals surface area contributed by atoms with Gasteiger partial charge >= 0.3 is 0 Å². The number of hydrogen-bond acceptors (Lipinski definition) is 3. The van der Waals surface area contributed by atoms with Gasteiger partial charge in [-0.15, -0.1) is 0 Å². The fraction of sp³-hybridized carbons (Fsp3) is 0. The van der Waals surface area contributed by atoms with E-state index in [-0.39, 0.29) is 5.75 Å². The molecular weight excluding hydrogens is 234 g/mol. The molecule has 3 rings (SSSR count). The molecule has 0 bridgehead atoms. The van der Waals surface area contributed by atoms with Gasteiger partial charge in [-0.25, -0.2) is 0 Å². The summed E-state index contributed by atoms with van der Waals surface area (Å²) in [5.41, 5.74) is 0.900. The number of phenols is 1. The van der Waals surface area contributed by atoms with Crippen LogP contribution in [0, 0.1) is 4.77 Å². The number of phenolic OH excluding ortho intramolecular Hbond substituents is 1. The fourth-order valence-corrected chi connectivity index (χ4v) is 2.10. The Morgan fingerprint density at radius 2 is 1.88 bits per heavy atom. The quantitative estimate of drug-likeness (QED) is 0.646. The van der Waals surface area contributed by atoms with Gasteiger partial charge < -0.3 is 5.11 Å². The van der Waals surface area contributed by atoms with Crippen LogP contribution in [-0.4, -0.2) is 19.9 Å². The van der Waals surface area contributed by atoms with Crippen LogP contribution in [0.4, 0.5) is 0 Å². The molecule has 2 aromatic carbocycles. The van der Waals surface area contributed by atoms with Crippen LogP contribution in [0.15, 0.2) is 42.7 Å². The molecule has 0 fully saturated rings. The van der Waals surface area contributed by atoms with E-state index in [1.54, 1.807) is 17.0 Å². The summed E-state index contributed by atoms with van der Waals surface area (Å²) >= 11 is 5.15. The first-order chi connectivity index (χ1) is 8.27. The van der Waals surface area contributed by atoms with E-state index in [9.17, 15) is 5.11 Å². The second-order valence-electron chi connectivity index (χ2n) is 3.68. The number of aromatic hydroxyl groups is 1. The summed E-state index contributed by atoms with van der Waals surface area (Å²) < 4.78 is 2.30. The van der Waals surface area contributed by atoms with Crippen molar-refractivity contribution < 1.29 is 5.11 Å². The number of nitrogens with zero attached hydrogens (tertiary/aromatic N) is 2. The maximum Gasteiger partial charge on any atom is 0.199 e. The zero-order valence-electron chi connectivity index (χ0n) is 8.79. The first-order valence-corrected chi connectivity index (χ1v) is 5.51. The Morgan fingerprint density at radius 3 is 2.59 bits per heavy atom. The van der Waals surface area contributed by atoms with Gasteiger partial charge in [-0.1, -0.05) is 24.3 Å². The molecule has 0 saturated heterocycles. The molecule has 0 atom stereocenters. The van der Waals surface area contributed by atoms with Gasteiger partial charge in [-0.05, 0) is 24.4 Å². The van der Waals surface area contributed by atoms with E-state index in [1.165, 1.54) is 0 Å². The molecule has 0 aliphatic rings. The topological polar surface area (TPSA) is 53.8 Å². The van der Waals surface area contributed by atoms with Gasteiger partial charge in [0.15, 0.2) is 4.77 Å². The Morgan fingerprint density at radius 1 is 1.12 bits per heavy atom. The Labute approximate surface area is 102 Å². The van der Waals surface area contributed by atoms with E-state index in [4.69, 9.17) is 12.2 Å². The van der Waals surface area contributed by atoms with Crippen LogP contribution in [-0.2, 0) is 0 Å². The Bertz CT molecular complexity index is 745. The fourth-order valence-electron chi connectivity index (χ4n) is 1.90. The third kappa shape index (κ3) is 1.52. The molecule has 3 aromatic rings. The highest BCUT2D eigenvalue weighted by Crippen LogP contribution is 2.29. The Balaban J connectivity index is 2.43. The Hall–Kier alpha value is -2.14. The normalized spacial score (nSPS) is 10.8. The standard InChI is InChI=1S/C12H9N3OS/c16-11-6-5-10(15-7-13-14-12(15)17)8-3-1-2-4-9(8)11/h1-7,16H,(H,14,17). The second kappa shape index (κ2) is 3.71. The maximum atomic E-state index is 9.80. The lowest BCUT2D eigenvalue weighted by molar-refractivity contribution is 0.481. The highest BCUT2D eigenvalue weighted by molar-refractivity contribution is 7.71. The molecule has 5 heteroatoms. The van der Waals surface area contributed by atoms with E-state index >= 15 is 0 Å². The van der Waals surface area contributed by atoms with Crippen molar-refractivity contribution in [2.75, 3.05) is 0 Å². The van der Waals surface area contributed by atoms with Gasteiger partial charge in [0.2, 0.25) is 0 Å². The molecule has 0 aliphatic carbocycles. The predicted molar refractivity (Wildman–Crippen MR) is 67.9 cm³/mol. The summed E-state index contributed by atoms with van der Waals surface area (Å²) in [6.45, 7) is 0. The van der Waals surface area contributed by atoms with Gasteiger partial charge in [-0.2, -0.15) is 5.10 Å². The van der Waals surface area contributed by atoms with Crippen molar-refractivity contribution in [3.8, 4) is 11.4 Å². The van der Waals surface area contributed by atoms with Gasteiger partial charge in [0.25, 0.3) is 0 Å². The third-order valence-corrected chi connectivity index (χ3v) is 2.98. The van der Waals surface area contributed by atoms with Crippen LogP contribution in [0.1, 0.15) is 0 Å². The van der Waals surface area contributed by atoms with E-state index < -0.39 is 0 Å². The monoisotopic (exact) mass is 243 g/mol. The number of hydrogen-bond donors (Lipinski definition) is 2. The lowest BCUT2D eigenvalue weighted by atomic mass is 10.1. The van der Waals surface area contributed by atoms with Crippen molar-refractivity contribution in [3.05, 3.63) is 47.5 Å². The van der Waals surface area contributed by atoms with Gasteiger partial charge in [0, 0.05) is 10.8 Å². The van der Waals surface area contributed by atoms with Crippen LogP contribution in [0.5, 0.6) is 5.75 Å². The predicted octanol–water partition coefficient (Wildman–Crippen LogP) is 2.79. The second-order valence-corrected chi connectivity index (χ2v) is 4.07. The van der Waals surface area contributed by atoms with Crippen molar-refractivity contribution in [1.29, 1.82) is 0 Å². The average Bonchev–Trinajstić information content (AvgIpc) is 2.77. The van der Waals surface area contributed by atoms with Gasteiger partial charge in [-0.3, -0.25) is 9.67 Å². The first kappa shape index (κ1) is 10.0. The van der Waals surface area contributed by atoms with Crippen molar-refractivity contribution in [2.45, 2.75) is 0 Å². The lowest BCUT2D eigenvalue weighted by Gasteiger charge is -2.07. The van der Waals surface area contributed by atoms with Crippen LogP contribution < -0.4 is 0 Å². The zero-order chi connectivity index (χ0) is 11.8. The molecule has 1 heterocycles. The molecule has 84 valence electrons. The van der Waals surface area contributed by atoms with Gasteiger partial charge in [0.1, 0.15) is 12.1 Å². The molecule has 0 spiro atoms.